The predicted octanol–water partition coefficient (Wildman–Crippen LogP) is 3.93. The number of ketones is 1. The largest absolute Gasteiger partial charge is 0.504 e. The number of methoxy groups -OCH3 is 2. The van der Waals surface area contributed by atoms with Gasteiger partial charge in [0, 0.05) is 17.9 Å². The average molecular weight is 535 g/mol. The van der Waals surface area contributed by atoms with Crippen molar-refractivity contribution in [3.8, 4) is 34.5 Å². The second-order valence-electron chi connectivity index (χ2n) is 9.44. The topological polar surface area (TPSA) is 143 Å². The highest BCUT2D eigenvalue weighted by Crippen LogP contribution is 2.38. The van der Waals surface area contributed by atoms with Gasteiger partial charge in [-0.05, 0) is 65.9 Å². The standard InChI is InChI=1S/C30H30O9/c1-37-27-13-18(3-6-20(27)15-22(31)7-4-17-5-8-24(32)25(33)11-17)10-23-21(16-39-30(23)36)9-19-12-26(34)29(35)28(14-19)38-2/h3-8,11-14,21,23,32-35H,9-10,15-16H2,1-2H3/b7-4+/t21-,23+/m0/s1. The van der Waals surface area contributed by atoms with Crippen molar-refractivity contribution >= 4 is 17.8 Å². The van der Waals surface area contributed by atoms with Crippen LogP contribution in [0.4, 0.5) is 0 Å². The average Bonchev–Trinajstić information content (AvgIpc) is 3.25. The summed E-state index contributed by atoms with van der Waals surface area (Å²) >= 11 is 0. The maximum absolute atomic E-state index is 12.6. The first kappa shape index (κ1) is 27.4. The van der Waals surface area contributed by atoms with Crippen LogP contribution in [0.2, 0.25) is 0 Å². The number of phenolic OH excluding ortho intramolecular Hbond substituents is 4. The maximum atomic E-state index is 12.6. The van der Waals surface area contributed by atoms with Crippen molar-refractivity contribution in [1.29, 1.82) is 0 Å². The lowest BCUT2D eigenvalue weighted by atomic mass is 9.84. The number of carbonyl (C=O) groups is 2. The Kier molecular flexibility index (Phi) is 8.29. The lowest BCUT2D eigenvalue weighted by molar-refractivity contribution is -0.141. The molecule has 4 rings (SSSR count). The molecule has 4 N–H and O–H groups in total. The number of phenols is 4. The van der Waals surface area contributed by atoms with Crippen LogP contribution in [-0.4, -0.2) is 53.0 Å². The van der Waals surface area contributed by atoms with Gasteiger partial charge in [0.1, 0.15) is 5.75 Å². The summed E-state index contributed by atoms with van der Waals surface area (Å²) in [6, 6.07) is 12.8. The molecule has 1 heterocycles. The zero-order valence-corrected chi connectivity index (χ0v) is 21.6. The number of carbonyl (C=O) groups excluding carboxylic acids is 2. The van der Waals surface area contributed by atoms with Crippen molar-refractivity contribution in [2.45, 2.75) is 19.3 Å². The first-order valence-electron chi connectivity index (χ1n) is 12.3. The highest BCUT2D eigenvalue weighted by atomic mass is 16.5. The Morgan fingerprint density at radius 2 is 1.64 bits per heavy atom. The molecule has 0 spiro atoms. The molecular weight excluding hydrogens is 504 g/mol. The molecule has 1 aliphatic heterocycles. The number of allylic oxidation sites excluding steroid dienone is 1. The fraction of sp³-hybridized carbons (Fsp3) is 0.267. The Bertz CT molecular complexity index is 1410. The van der Waals surface area contributed by atoms with Crippen LogP contribution >= 0.6 is 0 Å². The summed E-state index contributed by atoms with van der Waals surface area (Å²) in [5.41, 5.74) is 2.80. The molecule has 3 aromatic rings. The van der Waals surface area contributed by atoms with E-state index in [1.807, 2.05) is 12.1 Å². The van der Waals surface area contributed by atoms with Crippen molar-refractivity contribution < 1.29 is 44.2 Å². The number of rotatable bonds is 10. The molecule has 0 unspecified atom stereocenters. The molecule has 1 aliphatic rings. The molecule has 1 saturated heterocycles. The molecule has 0 aliphatic carbocycles. The van der Waals surface area contributed by atoms with Crippen LogP contribution < -0.4 is 9.47 Å². The third-order valence-corrected chi connectivity index (χ3v) is 6.78. The Hall–Kier alpha value is -4.66. The summed E-state index contributed by atoms with van der Waals surface area (Å²) < 4.78 is 16.0. The molecule has 0 amide bonds. The van der Waals surface area contributed by atoms with Gasteiger partial charge >= 0.3 is 5.97 Å². The van der Waals surface area contributed by atoms with Crippen LogP contribution in [0.25, 0.3) is 6.08 Å². The predicted molar refractivity (Wildman–Crippen MR) is 142 cm³/mol. The molecule has 0 saturated carbocycles. The molecule has 9 heteroatoms. The van der Waals surface area contributed by atoms with E-state index in [1.54, 1.807) is 24.3 Å². The Morgan fingerprint density at radius 1 is 0.897 bits per heavy atom. The lowest BCUT2D eigenvalue weighted by Crippen LogP contribution is -2.20. The number of aromatic hydroxyl groups is 4. The minimum Gasteiger partial charge on any atom is -0.504 e. The summed E-state index contributed by atoms with van der Waals surface area (Å²) in [6.45, 7) is 0.238. The van der Waals surface area contributed by atoms with Crippen LogP contribution in [0.15, 0.2) is 54.6 Å². The highest BCUT2D eigenvalue weighted by molar-refractivity contribution is 5.95. The van der Waals surface area contributed by atoms with Crippen LogP contribution in [0.1, 0.15) is 22.3 Å². The minimum absolute atomic E-state index is 0.0876. The Balaban J connectivity index is 1.45. The van der Waals surface area contributed by atoms with Crippen molar-refractivity contribution in [3.05, 3.63) is 76.9 Å². The number of esters is 1. The lowest BCUT2D eigenvalue weighted by Gasteiger charge is -2.17. The molecule has 2 atom stereocenters. The molecule has 3 aromatic carbocycles. The molecular formula is C30H30O9. The van der Waals surface area contributed by atoms with Crippen LogP contribution in [0.3, 0.4) is 0 Å². The molecule has 0 aromatic heterocycles. The van der Waals surface area contributed by atoms with E-state index in [0.29, 0.717) is 35.3 Å². The van der Waals surface area contributed by atoms with Gasteiger partial charge in [0.15, 0.2) is 28.8 Å². The molecule has 0 radical (unpaired) electrons. The fourth-order valence-corrected chi connectivity index (χ4v) is 4.68. The summed E-state index contributed by atoms with van der Waals surface area (Å²) in [5.74, 6) is -1.52. The van der Waals surface area contributed by atoms with Crippen molar-refractivity contribution in [2.75, 3.05) is 20.8 Å². The third kappa shape index (κ3) is 6.43. The molecule has 9 nitrogen and oxygen atoms in total. The quantitative estimate of drug-likeness (QED) is 0.173. The van der Waals surface area contributed by atoms with E-state index in [-0.39, 0.29) is 59.4 Å². The van der Waals surface area contributed by atoms with Gasteiger partial charge in [0.25, 0.3) is 0 Å². The van der Waals surface area contributed by atoms with Crippen molar-refractivity contribution in [3.63, 3.8) is 0 Å². The van der Waals surface area contributed by atoms with E-state index in [2.05, 4.69) is 0 Å². The number of ether oxygens (including phenoxy) is 3. The maximum Gasteiger partial charge on any atom is 0.309 e. The summed E-state index contributed by atoms with van der Waals surface area (Å²) in [7, 11) is 2.91. The normalized spacial score (nSPS) is 16.8. The van der Waals surface area contributed by atoms with Crippen LogP contribution in [0.5, 0.6) is 34.5 Å². The SMILES string of the molecule is COc1cc(C[C@H]2C(=O)OC[C@@H]2Cc2cc(O)c(O)c(OC)c2)ccc1CC(=O)/C=C/c1ccc(O)c(O)c1. The Morgan fingerprint density at radius 3 is 2.36 bits per heavy atom. The van der Waals surface area contributed by atoms with E-state index >= 15 is 0 Å². The Labute approximate surface area is 225 Å². The number of hydrogen-bond acceptors (Lipinski definition) is 9. The van der Waals surface area contributed by atoms with E-state index in [1.165, 1.54) is 38.5 Å². The zero-order valence-electron chi connectivity index (χ0n) is 21.6. The van der Waals surface area contributed by atoms with Gasteiger partial charge in [-0.15, -0.1) is 0 Å². The second kappa shape index (κ2) is 11.8. The highest BCUT2D eigenvalue weighted by Gasteiger charge is 2.37. The number of cyclic esters (lactones) is 1. The van der Waals surface area contributed by atoms with Crippen molar-refractivity contribution in [1.82, 2.24) is 0 Å². The number of benzene rings is 3. The summed E-state index contributed by atoms with van der Waals surface area (Å²) in [5, 5.41) is 38.9. The summed E-state index contributed by atoms with van der Waals surface area (Å²) in [4.78, 5) is 25.1. The first-order chi connectivity index (χ1) is 18.7. The monoisotopic (exact) mass is 534 g/mol. The van der Waals surface area contributed by atoms with Crippen LogP contribution in [0, 0.1) is 11.8 Å². The van der Waals surface area contributed by atoms with E-state index in [0.717, 1.165) is 5.56 Å². The van der Waals surface area contributed by atoms with Gasteiger partial charge < -0.3 is 34.6 Å². The van der Waals surface area contributed by atoms with E-state index < -0.39 is 5.92 Å². The van der Waals surface area contributed by atoms with Crippen LogP contribution in [-0.2, 0) is 33.6 Å². The number of hydrogen-bond donors (Lipinski definition) is 4. The smallest absolute Gasteiger partial charge is 0.309 e. The first-order valence-corrected chi connectivity index (χ1v) is 12.3. The molecule has 1 fully saturated rings. The molecule has 204 valence electrons. The minimum atomic E-state index is -0.422. The van der Waals surface area contributed by atoms with Gasteiger partial charge in [-0.2, -0.15) is 0 Å². The van der Waals surface area contributed by atoms with Crippen molar-refractivity contribution in [2.24, 2.45) is 11.8 Å². The van der Waals surface area contributed by atoms with Gasteiger partial charge in [-0.3, -0.25) is 9.59 Å². The fourth-order valence-electron chi connectivity index (χ4n) is 4.68. The molecule has 39 heavy (non-hydrogen) atoms. The third-order valence-electron chi connectivity index (χ3n) is 6.78. The summed E-state index contributed by atoms with van der Waals surface area (Å²) in [6.07, 6.45) is 3.88. The van der Waals surface area contributed by atoms with E-state index in [4.69, 9.17) is 14.2 Å². The zero-order chi connectivity index (χ0) is 28.1. The van der Waals surface area contributed by atoms with E-state index in [9.17, 15) is 30.0 Å². The van der Waals surface area contributed by atoms with Gasteiger partial charge in [-0.1, -0.05) is 24.3 Å². The molecule has 0 bridgehead atoms. The second-order valence-corrected chi connectivity index (χ2v) is 9.44. The van der Waals surface area contributed by atoms with Gasteiger partial charge in [0.05, 0.1) is 26.7 Å². The van der Waals surface area contributed by atoms with Gasteiger partial charge in [0.2, 0.25) is 5.75 Å². The van der Waals surface area contributed by atoms with Gasteiger partial charge in [-0.25, -0.2) is 0 Å².